The third-order valence-corrected chi connectivity index (χ3v) is 3.77. The van der Waals surface area contributed by atoms with Gasteiger partial charge in [-0.3, -0.25) is 0 Å². The molecule has 1 rings (SSSR count). The summed E-state index contributed by atoms with van der Waals surface area (Å²) in [6.45, 7) is 1.00. The number of rotatable bonds is 9. The first-order valence-corrected chi connectivity index (χ1v) is 8.57. The van der Waals surface area contributed by atoms with Crippen LogP contribution in [0.4, 0.5) is 5.82 Å². The van der Waals surface area contributed by atoms with E-state index >= 15 is 0 Å². The number of nitrogens with one attached hydrogen (secondary N) is 1. The van der Waals surface area contributed by atoms with E-state index in [0.29, 0.717) is 0 Å². The van der Waals surface area contributed by atoms with E-state index in [4.69, 9.17) is 0 Å². The molecule has 0 aliphatic heterocycles. The Morgan fingerprint density at radius 1 is 1.12 bits per heavy atom. The summed E-state index contributed by atoms with van der Waals surface area (Å²) in [4.78, 5) is 8.34. The topological polar surface area (TPSA) is 37.8 Å². The smallest absolute Gasteiger partial charge is 0.130 e. The van der Waals surface area contributed by atoms with Crippen molar-refractivity contribution in [3.05, 3.63) is 12.4 Å². The highest BCUT2D eigenvalue weighted by atomic mass is 32.2. The Labute approximate surface area is 113 Å². The Hall–Kier alpha value is -0.420. The maximum Gasteiger partial charge on any atom is 0.130 e. The van der Waals surface area contributed by atoms with Crippen molar-refractivity contribution in [1.29, 1.82) is 0 Å². The van der Waals surface area contributed by atoms with Crippen molar-refractivity contribution in [2.75, 3.05) is 30.1 Å². The van der Waals surface area contributed by atoms with Crippen molar-refractivity contribution in [2.24, 2.45) is 0 Å². The third kappa shape index (κ3) is 6.78. The second-order valence-corrected chi connectivity index (χ2v) is 5.59. The van der Waals surface area contributed by atoms with Gasteiger partial charge in [-0.15, -0.1) is 11.8 Å². The molecule has 0 radical (unpaired) electrons. The molecule has 0 aliphatic rings. The zero-order valence-corrected chi connectivity index (χ0v) is 12.2. The average Bonchev–Trinajstić information content (AvgIpc) is 2.38. The molecule has 0 bridgehead atoms. The van der Waals surface area contributed by atoms with Crippen LogP contribution in [-0.2, 0) is 0 Å². The fraction of sp³-hybridized carbons (Fsp3) is 0.667. The minimum absolute atomic E-state index is 0.938. The van der Waals surface area contributed by atoms with Gasteiger partial charge in [0, 0.05) is 12.6 Å². The Bertz CT molecular complexity index is 308. The van der Waals surface area contributed by atoms with E-state index in [0.717, 1.165) is 17.4 Å². The van der Waals surface area contributed by atoms with Gasteiger partial charge in [-0.2, -0.15) is 11.8 Å². The van der Waals surface area contributed by atoms with Gasteiger partial charge in [0.1, 0.15) is 17.2 Å². The van der Waals surface area contributed by atoms with Crippen LogP contribution in [0.3, 0.4) is 0 Å². The number of thioether (sulfide) groups is 2. The van der Waals surface area contributed by atoms with Gasteiger partial charge in [0.05, 0.1) is 0 Å². The third-order valence-electron chi connectivity index (χ3n) is 2.43. The highest BCUT2D eigenvalue weighted by molar-refractivity contribution is 7.98. The van der Waals surface area contributed by atoms with E-state index in [9.17, 15) is 0 Å². The predicted octanol–water partition coefficient (Wildman–Crippen LogP) is 3.53. The monoisotopic (exact) mass is 271 g/mol. The molecule has 5 heteroatoms. The van der Waals surface area contributed by atoms with E-state index in [-0.39, 0.29) is 0 Å². The summed E-state index contributed by atoms with van der Waals surface area (Å²) in [6.07, 6.45) is 11.0. The van der Waals surface area contributed by atoms with Gasteiger partial charge in [-0.05, 0) is 31.1 Å². The minimum atomic E-state index is 0.938. The van der Waals surface area contributed by atoms with Crippen molar-refractivity contribution in [3.63, 3.8) is 0 Å². The molecule has 0 amide bonds. The highest BCUT2D eigenvalue weighted by Crippen LogP contribution is 2.13. The van der Waals surface area contributed by atoms with Crippen LogP contribution in [0.5, 0.6) is 0 Å². The molecular weight excluding hydrogens is 250 g/mol. The van der Waals surface area contributed by atoms with E-state index in [1.54, 1.807) is 18.1 Å². The quantitative estimate of drug-likeness (QED) is 0.422. The zero-order chi connectivity index (χ0) is 12.3. The molecule has 1 N–H and O–H groups in total. The van der Waals surface area contributed by atoms with Gasteiger partial charge >= 0.3 is 0 Å². The summed E-state index contributed by atoms with van der Waals surface area (Å²) in [5.74, 6) is 2.23. The summed E-state index contributed by atoms with van der Waals surface area (Å²) < 4.78 is 0. The normalized spacial score (nSPS) is 10.5. The van der Waals surface area contributed by atoms with Gasteiger partial charge in [-0.25, -0.2) is 9.97 Å². The SMILES string of the molecule is CSCCCCCCNc1cc(SC)ncn1. The van der Waals surface area contributed by atoms with Crippen LogP contribution < -0.4 is 5.32 Å². The van der Waals surface area contributed by atoms with Crippen LogP contribution in [0.2, 0.25) is 0 Å². The molecule has 1 aromatic heterocycles. The second kappa shape index (κ2) is 9.59. The van der Waals surface area contributed by atoms with Gasteiger partial charge in [-0.1, -0.05) is 12.8 Å². The second-order valence-electron chi connectivity index (χ2n) is 3.78. The van der Waals surface area contributed by atoms with Crippen molar-refractivity contribution in [1.82, 2.24) is 9.97 Å². The lowest BCUT2D eigenvalue weighted by Gasteiger charge is -2.05. The zero-order valence-electron chi connectivity index (χ0n) is 10.6. The van der Waals surface area contributed by atoms with E-state index in [2.05, 4.69) is 21.5 Å². The average molecular weight is 271 g/mol. The molecule has 0 fully saturated rings. The molecular formula is C12H21N3S2. The van der Waals surface area contributed by atoms with E-state index in [1.165, 1.54) is 31.4 Å². The summed E-state index contributed by atoms with van der Waals surface area (Å²) in [7, 11) is 0. The number of unbranched alkanes of at least 4 members (excludes halogenated alkanes) is 3. The minimum Gasteiger partial charge on any atom is -0.370 e. The Kier molecular flexibility index (Phi) is 8.26. The Balaban J connectivity index is 2.09. The number of hydrogen-bond donors (Lipinski definition) is 1. The number of anilines is 1. The maximum absolute atomic E-state index is 4.20. The summed E-state index contributed by atoms with van der Waals surface area (Å²) in [6, 6.07) is 2.00. The lowest BCUT2D eigenvalue weighted by Crippen LogP contribution is -2.03. The van der Waals surface area contributed by atoms with Crippen LogP contribution in [-0.4, -0.2) is 34.8 Å². The van der Waals surface area contributed by atoms with E-state index in [1.807, 2.05) is 24.1 Å². The molecule has 3 nitrogen and oxygen atoms in total. The molecule has 0 saturated carbocycles. The first kappa shape index (κ1) is 14.6. The van der Waals surface area contributed by atoms with Crippen LogP contribution in [0.1, 0.15) is 25.7 Å². The molecule has 96 valence electrons. The molecule has 0 atom stereocenters. The molecule has 0 unspecified atom stereocenters. The summed E-state index contributed by atoms with van der Waals surface area (Å²) in [5.41, 5.74) is 0. The fourth-order valence-electron chi connectivity index (χ4n) is 1.49. The lowest BCUT2D eigenvalue weighted by molar-refractivity contribution is 0.688. The molecule has 0 saturated heterocycles. The molecule has 17 heavy (non-hydrogen) atoms. The Morgan fingerprint density at radius 2 is 1.94 bits per heavy atom. The van der Waals surface area contributed by atoms with Gasteiger partial charge in [0.2, 0.25) is 0 Å². The number of aromatic nitrogens is 2. The largest absolute Gasteiger partial charge is 0.370 e. The first-order valence-electron chi connectivity index (χ1n) is 5.95. The number of hydrogen-bond acceptors (Lipinski definition) is 5. The molecule has 0 aliphatic carbocycles. The molecule has 1 heterocycles. The van der Waals surface area contributed by atoms with Gasteiger partial charge < -0.3 is 5.32 Å². The molecule has 0 aromatic carbocycles. The van der Waals surface area contributed by atoms with E-state index < -0.39 is 0 Å². The first-order chi connectivity index (χ1) is 8.36. The summed E-state index contributed by atoms with van der Waals surface area (Å²) in [5, 5.41) is 4.36. The maximum atomic E-state index is 4.20. The predicted molar refractivity (Wildman–Crippen MR) is 79.2 cm³/mol. The van der Waals surface area contributed by atoms with Crippen molar-refractivity contribution < 1.29 is 0 Å². The lowest BCUT2D eigenvalue weighted by atomic mass is 10.2. The van der Waals surface area contributed by atoms with Crippen LogP contribution in [0.25, 0.3) is 0 Å². The van der Waals surface area contributed by atoms with Crippen LogP contribution in [0, 0.1) is 0 Å². The highest BCUT2D eigenvalue weighted by Gasteiger charge is 1.96. The van der Waals surface area contributed by atoms with Crippen molar-refractivity contribution in [3.8, 4) is 0 Å². The molecule has 0 spiro atoms. The Morgan fingerprint density at radius 3 is 2.71 bits per heavy atom. The van der Waals surface area contributed by atoms with Crippen molar-refractivity contribution >= 4 is 29.3 Å². The standard InChI is InChI=1S/C12H21N3S2/c1-16-8-6-4-3-5-7-13-11-9-12(17-2)15-10-14-11/h9-10H,3-8H2,1-2H3,(H,13,14,15). The summed E-state index contributed by atoms with van der Waals surface area (Å²) >= 11 is 3.57. The van der Waals surface area contributed by atoms with Gasteiger partial charge in [0.15, 0.2) is 0 Å². The van der Waals surface area contributed by atoms with Crippen LogP contribution >= 0.6 is 23.5 Å². The number of nitrogens with zero attached hydrogens (tertiary/aromatic N) is 2. The van der Waals surface area contributed by atoms with Crippen LogP contribution in [0.15, 0.2) is 17.4 Å². The molecule has 1 aromatic rings. The van der Waals surface area contributed by atoms with Gasteiger partial charge in [0.25, 0.3) is 0 Å². The fourth-order valence-corrected chi connectivity index (χ4v) is 2.36. The van der Waals surface area contributed by atoms with Crippen molar-refractivity contribution in [2.45, 2.75) is 30.7 Å².